The molecule has 0 bridgehead atoms. The summed E-state index contributed by atoms with van der Waals surface area (Å²) >= 11 is 0. The highest BCUT2D eigenvalue weighted by Crippen LogP contribution is 2.17. The quantitative estimate of drug-likeness (QED) is 0.874. The molecule has 19 heavy (non-hydrogen) atoms. The highest BCUT2D eigenvalue weighted by atomic mass is 19.1. The summed E-state index contributed by atoms with van der Waals surface area (Å²) in [7, 11) is 0. The Morgan fingerprint density at radius 3 is 2.11 bits per heavy atom. The summed E-state index contributed by atoms with van der Waals surface area (Å²) in [6.07, 6.45) is 0. The standard InChI is InChI=1S/C15H13F2NO/c1-9-3-5-11(12(16)7-9)15(19)18-14-6-4-10(2)8-13(14)17/h3-8H,1-2H3,(H,18,19). The largest absolute Gasteiger partial charge is 0.319 e. The van der Waals surface area contributed by atoms with Crippen LogP contribution < -0.4 is 5.32 Å². The van der Waals surface area contributed by atoms with Crippen LogP contribution in [0.25, 0.3) is 0 Å². The third kappa shape index (κ3) is 2.96. The molecule has 98 valence electrons. The van der Waals surface area contributed by atoms with Gasteiger partial charge in [-0.2, -0.15) is 0 Å². The predicted molar refractivity (Wildman–Crippen MR) is 70.2 cm³/mol. The Balaban J connectivity index is 2.25. The van der Waals surface area contributed by atoms with Crippen molar-refractivity contribution in [1.82, 2.24) is 0 Å². The number of halogens is 2. The summed E-state index contributed by atoms with van der Waals surface area (Å²) in [5, 5.41) is 2.36. The van der Waals surface area contributed by atoms with E-state index in [1.807, 2.05) is 0 Å². The molecule has 0 heterocycles. The van der Waals surface area contributed by atoms with E-state index in [0.717, 1.165) is 11.1 Å². The van der Waals surface area contributed by atoms with E-state index in [4.69, 9.17) is 0 Å². The van der Waals surface area contributed by atoms with Gasteiger partial charge in [0.25, 0.3) is 5.91 Å². The molecule has 0 atom stereocenters. The van der Waals surface area contributed by atoms with Gasteiger partial charge in [0.1, 0.15) is 11.6 Å². The van der Waals surface area contributed by atoms with E-state index < -0.39 is 17.5 Å². The second-order valence-electron chi connectivity index (χ2n) is 4.42. The average Bonchev–Trinajstić information content (AvgIpc) is 2.32. The van der Waals surface area contributed by atoms with Gasteiger partial charge in [-0.1, -0.05) is 12.1 Å². The summed E-state index contributed by atoms with van der Waals surface area (Å²) in [5.41, 5.74) is 1.40. The number of amides is 1. The van der Waals surface area contributed by atoms with Gasteiger partial charge in [-0.25, -0.2) is 8.78 Å². The lowest BCUT2D eigenvalue weighted by atomic mass is 10.1. The van der Waals surface area contributed by atoms with E-state index in [2.05, 4.69) is 5.32 Å². The zero-order valence-corrected chi connectivity index (χ0v) is 10.6. The normalized spacial score (nSPS) is 10.3. The molecular weight excluding hydrogens is 248 g/mol. The van der Waals surface area contributed by atoms with Gasteiger partial charge in [0, 0.05) is 0 Å². The van der Waals surface area contributed by atoms with Gasteiger partial charge in [-0.15, -0.1) is 0 Å². The molecule has 0 aromatic heterocycles. The fraction of sp³-hybridized carbons (Fsp3) is 0.133. The number of carbonyl (C=O) groups excluding carboxylic acids is 1. The van der Waals surface area contributed by atoms with Crippen LogP contribution in [0.1, 0.15) is 21.5 Å². The maximum atomic E-state index is 13.6. The summed E-state index contributed by atoms with van der Waals surface area (Å²) < 4.78 is 27.2. The molecule has 0 fully saturated rings. The fourth-order valence-corrected chi connectivity index (χ4v) is 1.72. The van der Waals surface area contributed by atoms with E-state index >= 15 is 0 Å². The van der Waals surface area contributed by atoms with Gasteiger partial charge in [0.15, 0.2) is 0 Å². The summed E-state index contributed by atoms with van der Waals surface area (Å²) in [5.74, 6) is -1.83. The van der Waals surface area contributed by atoms with Crippen molar-refractivity contribution < 1.29 is 13.6 Å². The zero-order valence-electron chi connectivity index (χ0n) is 10.6. The van der Waals surface area contributed by atoms with Crippen LogP contribution in [0.15, 0.2) is 36.4 Å². The van der Waals surface area contributed by atoms with Crippen LogP contribution >= 0.6 is 0 Å². The van der Waals surface area contributed by atoms with Crippen molar-refractivity contribution in [2.24, 2.45) is 0 Å². The van der Waals surface area contributed by atoms with Gasteiger partial charge in [0.2, 0.25) is 0 Å². The van der Waals surface area contributed by atoms with Gasteiger partial charge in [0.05, 0.1) is 11.3 Å². The number of benzene rings is 2. The first-order valence-electron chi connectivity index (χ1n) is 5.81. The van der Waals surface area contributed by atoms with Gasteiger partial charge >= 0.3 is 0 Å². The Bertz CT molecular complexity index is 638. The topological polar surface area (TPSA) is 29.1 Å². The monoisotopic (exact) mass is 261 g/mol. The lowest BCUT2D eigenvalue weighted by Gasteiger charge is -2.08. The zero-order chi connectivity index (χ0) is 14.0. The minimum absolute atomic E-state index is 0.0376. The van der Waals surface area contributed by atoms with E-state index in [0.29, 0.717) is 0 Å². The van der Waals surface area contributed by atoms with Crippen molar-refractivity contribution >= 4 is 11.6 Å². The number of hydrogen-bond donors (Lipinski definition) is 1. The minimum atomic E-state index is -0.666. The Hall–Kier alpha value is -2.23. The predicted octanol–water partition coefficient (Wildman–Crippen LogP) is 3.83. The molecule has 0 aliphatic carbocycles. The van der Waals surface area contributed by atoms with Crippen LogP contribution in [0.2, 0.25) is 0 Å². The van der Waals surface area contributed by atoms with E-state index in [1.54, 1.807) is 26.0 Å². The molecule has 1 N–H and O–H groups in total. The fourth-order valence-electron chi connectivity index (χ4n) is 1.72. The van der Waals surface area contributed by atoms with Crippen LogP contribution in [0, 0.1) is 25.5 Å². The van der Waals surface area contributed by atoms with Gasteiger partial charge in [-0.05, 0) is 49.2 Å². The molecule has 0 aliphatic heterocycles. The van der Waals surface area contributed by atoms with Crippen LogP contribution in [0.4, 0.5) is 14.5 Å². The number of nitrogens with one attached hydrogen (secondary N) is 1. The molecule has 0 unspecified atom stereocenters. The number of hydrogen-bond acceptors (Lipinski definition) is 1. The smallest absolute Gasteiger partial charge is 0.258 e. The second kappa shape index (κ2) is 5.18. The molecule has 0 saturated carbocycles. The molecule has 0 spiro atoms. The molecular formula is C15H13F2NO. The molecule has 2 aromatic carbocycles. The molecule has 2 rings (SSSR count). The van der Waals surface area contributed by atoms with Crippen molar-refractivity contribution in [2.45, 2.75) is 13.8 Å². The first kappa shape index (κ1) is 13.2. The summed E-state index contributed by atoms with van der Waals surface area (Å²) in [6, 6.07) is 8.70. The van der Waals surface area contributed by atoms with E-state index in [1.165, 1.54) is 24.3 Å². The summed E-state index contributed by atoms with van der Waals surface area (Å²) in [4.78, 5) is 11.9. The lowest BCUT2D eigenvalue weighted by Crippen LogP contribution is -2.14. The maximum Gasteiger partial charge on any atom is 0.258 e. The molecule has 2 nitrogen and oxygen atoms in total. The molecule has 0 radical (unpaired) electrons. The number of rotatable bonds is 2. The van der Waals surface area contributed by atoms with Crippen LogP contribution in [-0.4, -0.2) is 5.91 Å². The highest BCUT2D eigenvalue weighted by molar-refractivity contribution is 6.04. The van der Waals surface area contributed by atoms with Crippen molar-refractivity contribution in [1.29, 1.82) is 0 Å². The Kier molecular flexibility index (Phi) is 3.60. The number of anilines is 1. The average molecular weight is 261 g/mol. The van der Waals surface area contributed by atoms with Gasteiger partial charge < -0.3 is 5.32 Å². The van der Waals surface area contributed by atoms with Crippen LogP contribution in [0.3, 0.4) is 0 Å². The molecule has 1 amide bonds. The Morgan fingerprint density at radius 2 is 1.53 bits per heavy atom. The minimum Gasteiger partial charge on any atom is -0.319 e. The van der Waals surface area contributed by atoms with Crippen molar-refractivity contribution in [3.05, 3.63) is 64.7 Å². The Morgan fingerprint density at radius 1 is 0.947 bits per heavy atom. The third-order valence-electron chi connectivity index (χ3n) is 2.74. The molecule has 0 saturated heterocycles. The lowest BCUT2D eigenvalue weighted by molar-refractivity contribution is 0.102. The van der Waals surface area contributed by atoms with Gasteiger partial charge in [-0.3, -0.25) is 4.79 Å². The highest BCUT2D eigenvalue weighted by Gasteiger charge is 2.13. The van der Waals surface area contributed by atoms with Crippen LogP contribution in [-0.2, 0) is 0 Å². The second-order valence-corrected chi connectivity index (χ2v) is 4.42. The Labute approximate surface area is 110 Å². The third-order valence-corrected chi connectivity index (χ3v) is 2.74. The summed E-state index contributed by atoms with van der Waals surface area (Å²) in [6.45, 7) is 3.47. The SMILES string of the molecule is Cc1ccc(NC(=O)c2ccc(C)cc2F)c(F)c1. The first-order valence-corrected chi connectivity index (χ1v) is 5.81. The number of aryl methyl sites for hydroxylation is 2. The first-order chi connectivity index (χ1) is 8.97. The van der Waals surface area contributed by atoms with Crippen molar-refractivity contribution in [2.75, 3.05) is 5.32 Å². The molecule has 4 heteroatoms. The van der Waals surface area contributed by atoms with Crippen molar-refractivity contribution in [3.63, 3.8) is 0 Å². The molecule has 0 aliphatic rings. The number of carbonyl (C=O) groups is 1. The van der Waals surface area contributed by atoms with Crippen LogP contribution in [0.5, 0.6) is 0 Å². The van der Waals surface area contributed by atoms with Crippen molar-refractivity contribution in [3.8, 4) is 0 Å². The van der Waals surface area contributed by atoms with E-state index in [-0.39, 0.29) is 11.3 Å². The maximum absolute atomic E-state index is 13.6. The molecule has 2 aromatic rings. The van der Waals surface area contributed by atoms with E-state index in [9.17, 15) is 13.6 Å².